The molecule has 0 spiro atoms. The Morgan fingerprint density at radius 1 is 1.78 bits per heavy atom. The predicted octanol–water partition coefficient (Wildman–Crippen LogP) is -0.0385. The first-order valence-corrected chi connectivity index (χ1v) is 3.14. The zero-order valence-corrected chi connectivity index (χ0v) is 5.50. The van der Waals surface area contributed by atoms with Crippen LogP contribution in [0.5, 0.6) is 0 Å². The molecule has 1 N–H and O–H groups in total. The van der Waals surface area contributed by atoms with Crippen molar-refractivity contribution in [2.24, 2.45) is 5.29 Å². The van der Waals surface area contributed by atoms with Crippen molar-refractivity contribution in [2.45, 2.75) is 13.0 Å². The minimum atomic E-state index is 0.399. The predicted molar refractivity (Wildman–Crippen MR) is 34.8 cm³/mol. The Morgan fingerprint density at radius 3 is 3.00 bits per heavy atom. The molecular weight excluding hydrogens is 118 g/mol. The zero-order valence-electron chi connectivity index (χ0n) is 5.50. The van der Waals surface area contributed by atoms with E-state index in [0.29, 0.717) is 6.04 Å². The maximum Gasteiger partial charge on any atom is 0.0543 e. The van der Waals surface area contributed by atoms with Crippen LogP contribution in [0.1, 0.15) is 6.92 Å². The fourth-order valence-electron chi connectivity index (χ4n) is 0.986. The monoisotopic (exact) mass is 129 g/mol. The zero-order chi connectivity index (χ0) is 6.69. The van der Waals surface area contributed by atoms with Gasteiger partial charge in [0.2, 0.25) is 0 Å². The van der Waals surface area contributed by atoms with Crippen LogP contribution in [0, 0.1) is 4.91 Å². The van der Waals surface area contributed by atoms with E-state index >= 15 is 0 Å². The lowest BCUT2D eigenvalue weighted by Crippen LogP contribution is -2.46. The molecule has 1 atom stereocenters. The summed E-state index contributed by atoms with van der Waals surface area (Å²) in [6.07, 6.45) is 0. The molecule has 1 saturated heterocycles. The first-order valence-electron chi connectivity index (χ1n) is 3.14. The quantitative estimate of drug-likeness (QED) is 0.505. The summed E-state index contributed by atoms with van der Waals surface area (Å²) in [6.45, 7) is 4.39. The lowest BCUT2D eigenvalue weighted by molar-refractivity contribution is 0.212. The molecule has 1 fully saturated rings. The Kier molecular flexibility index (Phi) is 2.00. The second-order valence-electron chi connectivity index (χ2n) is 2.35. The molecule has 0 aromatic rings. The molecule has 0 radical (unpaired) electrons. The third kappa shape index (κ3) is 1.64. The number of nitroso groups, excluding NO2 is 1. The van der Waals surface area contributed by atoms with E-state index in [1.54, 1.807) is 5.01 Å². The van der Waals surface area contributed by atoms with Gasteiger partial charge in [-0.25, -0.2) is 0 Å². The largest absolute Gasteiger partial charge is 0.311 e. The normalized spacial score (nSPS) is 28.1. The summed E-state index contributed by atoms with van der Waals surface area (Å²) in [4.78, 5) is 9.95. The summed E-state index contributed by atoms with van der Waals surface area (Å²) in [7, 11) is 0. The minimum absolute atomic E-state index is 0.399. The van der Waals surface area contributed by atoms with Crippen LogP contribution in [0.3, 0.4) is 0 Å². The average molecular weight is 129 g/mol. The maximum absolute atomic E-state index is 9.95. The summed E-state index contributed by atoms with van der Waals surface area (Å²) in [5, 5.41) is 7.59. The second kappa shape index (κ2) is 2.77. The molecule has 52 valence electrons. The third-order valence-corrected chi connectivity index (χ3v) is 1.46. The first-order chi connectivity index (χ1) is 4.33. The summed E-state index contributed by atoms with van der Waals surface area (Å²) < 4.78 is 0. The van der Waals surface area contributed by atoms with Gasteiger partial charge in [0.15, 0.2) is 0 Å². The average Bonchev–Trinajstić information content (AvgIpc) is 1.88. The van der Waals surface area contributed by atoms with E-state index in [4.69, 9.17) is 0 Å². The highest BCUT2D eigenvalue weighted by atomic mass is 16.3. The van der Waals surface area contributed by atoms with E-state index in [1.165, 1.54) is 0 Å². The third-order valence-electron chi connectivity index (χ3n) is 1.46. The van der Waals surface area contributed by atoms with Crippen LogP contribution in [0.2, 0.25) is 0 Å². The van der Waals surface area contributed by atoms with Gasteiger partial charge in [-0.2, -0.15) is 0 Å². The van der Waals surface area contributed by atoms with Crippen molar-refractivity contribution in [1.29, 1.82) is 0 Å². The van der Waals surface area contributed by atoms with Gasteiger partial charge in [-0.15, -0.1) is 4.91 Å². The molecule has 4 nitrogen and oxygen atoms in total. The Balaban J connectivity index is 2.31. The van der Waals surface area contributed by atoms with E-state index in [2.05, 4.69) is 10.6 Å². The van der Waals surface area contributed by atoms with Gasteiger partial charge in [-0.3, -0.25) is 5.01 Å². The molecular formula is C5H11N3O. The highest BCUT2D eigenvalue weighted by Gasteiger charge is 2.13. The molecule has 1 heterocycles. The molecule has 0 aromatic carbocycles. The summed E-state index contributed by atoms with van der Waals surface area (Å²) in [6, 6.07) is 0.399. The van der Waals surface area contributed by atoms with Crippen molar-refractivity contribution in [3.8, 4) is 0 Å². The van der Waals surface area contributed by atoms with Gasteiger partial charge >= 0.3 is 0 Å². The van der Waals surface area contributed by atoms with Gasteiger partial charge in [0, 0.05) is 12.6 Å². The number of rotatable bonds is 1. The Hall–Kier alpha value is -0.640. The van der Waals surface area contributed by atoms with Gasteiger partial charge in [0.25, 0.3) is 0 Å². The SMILES string of the molecule is CC1CN(N=O)CCN1. The van der Waals surface area contributed by atoms with E-state index in [-0.39, 0.29) is 0 Å². The van der Waals surface area contributed by atoms with Crippen LogP contribution >= 0.6 is 0 Å². The van der Waals surface area contributed by atoms with Crippen LogP contribution in [0.4, 0.5) is 0 Å². The van der Waals surface area contributed by atoms with Crippen molar-refractivity contribution < 1.29 is 0 Å². The van der Waals surface area contributed by atoms with Gasteiger partial charge in [0.05, 0.1) is 18.4 Å². The molecule has 1 aliphatic heterocycles. The van der Waals surface area contributed by atoms with E-state index in [1.807, 2.05) is 6.92 Å². The fourth-order valence-corrected chi connectivity index (χ4v) is 0.986. The van der Waals surface area contributed by atoms with Gasteiger partial charge in [0.1, 0.15) is 0 Å². The number of hydrogen-bond donors (Lipinski definition) is 1. The molecule has 4 heteroatoms. The summed E-state index contributed by atoms with van der Waals surface area (Å²) in [5.74, 6) is 0. The van der Waals surface area contributed by atoms with E-state index < -0.39 is 0 Å². The Morgan fingerprint density at radius 2 is 2.56 bits per heavy atom. The molecule has 0 aliphatic carbocycles. The Bertz CT molecular complexity index is 106. The van der Waals surface area contributed by atoms with Crippen LogP contribution in [-0.2, 0) is 0 Å². The maximum atomic E-state index is 9.95. The topological polar surface area (TPSA) is 44.7 Å². The van der Waals surface area contributed by atoms with Crippen LogP contribution in [0.15, 0.2) is 5.29 Å². The Labute approximate surface area is 54.2 Å². The molecule has 0 aromatic heterocycles. The molecule has 1 unspecified atom stereocenters. The molecule has 1 aliphatic rings. The highest BCUT2D eigenvalue weighted by molar-refractivity contribution is 4.71. The van der Waals surface area contributed by atoms with Crippen molar-refractivity contribution >= 4 is 0 Å². The van der Waals surface area contributed by atoms with Crippen molar-refractivity contribution in [1.82, 2.24) is 10.3 Å². The lowest BCUT2D eigenvalue weighted by atomic mass is 10.3. The molecule has 0 bridgehead atoms. The highest BCUT2D eigenvalue weighted by Crippen LogP contribution is 1.96. The van der Waals surface area contributed by atoms with Crippen molar-refractivity contribution in [3.05, 3.63) is 4.91 Å². The van der Waals surface area contributed by atoms with Gasteiger partial charge in [-0.05, 0) is 6.92 Å². The van der Waals surface area contributed by atoms with Crippen LogP contribution in [-0.4, -0.2) is 30.7 Å². The molecule has 9 heavy (non-hydrogen) atoms. The first kappa shape index (κ1) is 6.48. The molecule has 0 saturated carbocycles. The van der Waals surface area contributed by atoms with Gasteiger partial charge in [-0.1, -0.05) is 0 Å². The van der Waals surface area contributed by atoms with E-state index in [0.717, 1.165) is 19.6 Å². The van der Waals surface area contributed by atoms with Crippen molar-refractivity contribution in [3.63, 3.8) is 0 Å². The smallest absolute Gasteiger partial charge is 0.0543 e. The number of hydrogen-bond acceptors (Lipinski definition) is 3. The number of piperazine rings is 1. The van der Waals surface area contributed by atoms with Crippen LogP contribution < -0.4 is 5.32 Å². The minimum Gasteiger partial charge on any atom is -0.311 e. The van der Waals surface area contributed by atoms with Crippen LogP contribution in [0.25, 0.3) is 0 Å². The number of nitrogens with one attached hydrogen (secondary N) is 1. The molecule has 0 amide bonds. The fraction of sp³-hybridized carbons (Fsp3) is 1.00. The summed E-state index contributed by atoms with van der Waals surface area (Å²) in [5.41, 5.74) is 0. The van der Waals surface area contributed by atoms with Gasteiger partial charge < -0.3 is 5.32 Å². The van der Waals surface area contributed by atoms with Crippen molar-refractivity contribution in [2.75, 3.05) is 19.6 Å². The molecule has 1 rings (SSSR count). The second-order valence-corrected chi connectivity index (χ2v) is 2.35. The lowest BCUT2D eigenvalue weighted by Gasteiger charge is -2.26. The standard InChI is InChI=1S/C5H11N3O/c1-5-4-8(7-9)3-2-6-5/h5-6H,2-4H2,1H3. The summed E-state index contributed by atoms with van der Waals surface area (Å²) >= 11 is 0. The number of nitrogens with zero attached hydrogens (tertiary/aromatic N) is 2. The van der Waals surface area contributed by atoms with E-state index in [9.17, 15) is 4.91 Å².